The predicted octanol–water partition coefficient (Wildman–Crippen LogP) is 4.77. The van der Waals surface area contributed by atoms with Crippen molar-refractivity contribution in [1.29, 1.82) is 0 Å². The molecule has 0 spiro atoms. The molecule has 0 aliphatic carbocycles. The van der Waals surface area contributed by atoms with Crippen molar-refractivity contribution in [2.75, 3.05) is 5.32 Å². The van der Waals surface area contributed by atoms with E-state index < -0.39 is 22.0 Å². The summed E-state index contributed by atoms with van der Waals surface area (Å²) in [5.74, 6) is 0.126. The Labute approximate surface area is 183 Å². The number of carbonyl (C=O) groups is 1. The molecule has 162 valence electrons. The number of amides is 1. The van der Waals surface area contributed by atoms with Crippen LogP contribution in [-0.4, -0.2) is 20.4 Å². The lowest BCUT2D eigenvalue weighted by Crippen LogP contribution is -2.27. The molecule has 3 aromatic carbocycles. The minimum Gasteiger partial charge on any atom is -0.489 e. The van der Waals surface area contributed by atoms with Gasteiger partial charge in [-0.05, 0) is 56.7 Å². The summed E-state index contributed by atoms with van der Waals surface area (Å²) < 4.78 is 34.1. The zero-order valence-corrected chi connectivity index (χ0v) is 18.5. The van der Waals surface area contributed by atoms with E-state index in [-0.39, 0.29) is 16.6 Å². The molecule has 0 aromatic heterocycles. The van der Waals surface area contributed by atoms with Gasteiger partial charge in [0.05, 0.1) is 16.7 Å². The number of hydrogen-bond acceptors (Lipinski definition) is 4. The van der Waals surface area contributed by atoms with Gasteiger partial charge in [0.15, 0.2) is 0 Å². The molecule has 2 N–H and O–H groups in total. The monoisotopic (exact) mass is 438 g/mol. The van der Waals surface area contributed by atoms with Crippen molar-refractivity contribution >= 4 is 21.6 Å². The number of benzene rings is 3. The van der Waals surface area contributed by atoms with Crippen molar-refractivity contribution in [3.8, 4) is 5.75 Å². The highest BCUT2D eigenvalue weighted by Crippen LogP contribution is 2.26. The summed E-state index contributed by atoms with van der Waals surface area (Å²) in [6.07, 6.45) is -0.0517. The third kappa shape index (κ3) is 5.93. The highest BCUT2D eigenvalue weighted by molar-refractivity contribution is 7.89. The Balaban J connectivity index is 1.79. The van der Waals surface area contributed by atoms with Crippen molar-refractivity contribution in [3.05, 3.63) is 90.0 Å². The first kappa shape index (κ1) is 22.5. The molecule has 0 saturated heterocycles. The van der Waals surface area contributed by atoms with Crippen molar-refractivity contribution in [1.82, 2.24) is 4.72 Å². The molecule has 1 unspecified atom stereocenters. The number of sulfonamides is 1. The zero-order chi connectivity index (χ0) is 22.4. The van der Waals surface area contributed by atoms with Crippen LogP contribution >= 0.6 is 0 Å². The van der Waals surface area contributed by atoms with Crippen LogP contribution in [0.1, 0.15) is 42.7 Å². The van der Waals surface area contributed by atoms with Crippen LogP contribution in [0.2, 0.25) is 0 Å². The van der Waals surface area contributed by atoms with Gasteiger partial charge >= 0.3 is 0 Å². The summed E-state index contributed by atoms with van der Waals surface area (Å²) >= 11 is 0. The normalized spacial score (nSPS) is 12.4. The van der Waals surface area contributed by atoms with Gasteiger partial charge in [0.1, 0.15) is 5.75 Å². The topological polar surface area (TPSA) is 84.5 Å². The van der Waals surface area contributed by atoms with Gasteiger partial charge in [-0.3, -0.25) is 4.79 Å². The number of hydrogen-bond donors (Lipinski definition) is 2. The first-order valence-electron chi connectivity index (χ1n) is 10.0. The second-order valence-corrected chi connectivity index (χ2v) is 9.11. The van der Waals surface area contributed by atoms with Gasteiger partial charge in [-0.2, -0.15) is 0 Å². The van der Waals surface area contributed by atoms with Gasteiger partial charge in [0.25, 0.3) is 5.91 Å². The Hall–Kier alpha value is -3.16. The Bertz CT molecular complexity index is 1150. The van der Waals surface area contributed by atoms with Crippen LogP contribution in [0.5, 0.6) is 5.75 Å². The number of anilines is 1. The van der Waals surface area contributed by atoms with Gasteiger partial charge in [0, 0.05) is 11.6 Å². The average molecular weight is 439 g/mol. The SMILES string of the molecule is CC(C)Oc1ccccc1NC(=O)c1cccc(S(=O)(=O)NC(C)c2ccccc2)c1. The van der Waals surface area contributed by atoms with Gasteiger partial charge in [-0.1, -0.05) is 48.5 Å². The third-order valence-corrected chi connectivity index (χ3v) is 6.07. The quantitative estimate of drug-likeness (QED) is 0.531. The first-order valence-corrected chi connectivity index (χ1v) is 11.5. The Morgan fingerprint density at radius 2 is 1.55 bits per heavy atom. The van der Waals surface area contributed by atoms with E-state index in [4.69, 9.17) is 4.74 Å². The molecule has 31 heavy (non-hydrogen) atoms. The van der Waals surface area contributed by atoms with E-state index >= 15 is 0 Å². The van der Waals surface area contributed by atoms with E-state index in [1.165, 1.54) is 12.1 Å². The molecule has 3 aromatic rings. The minimum absolute atomic E-state index is 0.0228. The van der Waals surface area contributed by atoms with Gasteiger partial charge in [-0.15, -0.1) is 0 Å². The van der Waals surface area contributed by atoms with E-state index in [0.717, 1.165) is 5.56 Å². The molecule has 0 saturated carbocycles. The predicted molar refractivity (Wildman–Crippen MR) is 122 cm³/mol. The zero-order valence-electron chi connectivity index (χ0n) is 17.7. The number of rotatable bonds is 8. The molecule has 7 heteroatoms. The highest BCUT2D eigenvalue weighted by atomic mass is 32.2. The van der Waals surface area contributed by atoms with Crippen LogP contribution in [0.3, 0.4) is 0 Å². The summed E-state index contributed by atoms with van der Waals surface area (Å²) in [7, 11) is -3.82. The van der Waals surface area contributed by atoms with E-state index in [1.54, 1.807) is 37.3 Å². The lowest BCUT2D eigenvalue weighted by atomic mass is 10.1. The van der Waals surface area contributed by atoms with Crippen molar-refractivity contribution in [2.45, 2.75) is 37.8 Å². The fourth-order valence-corrected chi connectivity index (χ4v) is 4.31. The maximum absolute atomic E-state index is 12.9. The molecule has 0 fully saturated rings. The van der Waals surface area contributed by atoms with E-state index in [9.17, 15) is 13.2 Å². The summed E-state index contributed by atoms with van der Waals surface area (Å²) in [5, 5.41) is 2.80. The molecule has 0 aliphatic heterocycles. The van der Waals surface area contributed by atoms with Crippen LogP contribution in [0, 0.1) is 0 Å². The van der Waals surface area contributed by atoms with Gasteiger partial charge in [0.2, 0.25) is 10.0 Å². The van der Waals surface area contributed by atoms with Crippen LogP contribution in [0.25, 0.3) is 0 Å². The molecular formula is C24H26N2O4S. The number of carbonyl (C=O) groups excluding carboxylic acids is 1. The highest BCUT2D eigenvalue weighted by Gasteiger charge is 2.20. The standard InChI is InChI=1S/C24H26N2O4S/c1-17(2)30-23-15-8-7-14-22(23)25-24(27)20-12-9-13-21(16-20)31(28,29)26-18(3)19-10-5-4-6-11-19/h4-18,26H,1-3H3,(H,25,27). The summed E-state index contributed by atoms with van der Waals surface area (Å²) in [5.41, 5.74) is 1.60. The summed E-state index contributed by atoms with van der Waals surface area (Å²) in [6, 6.07) is 21.9. The summed E-state index contributed by atoms with van der Waals surface area (Å²) in [6.45, 7) is 5.57. The lowest BCUT2D eigenvalue weighted by Gasteiger charge is -2.16. The Morgan fingerprint density at radius 3 is 2.26 bits per heavy atom. The second-order valence-electron chi connectivity index (χ2n) is 7.40. The van der Waals surface area contributed by atoms with Crippen LogP contribution in [0.15, 0.2) is 83.8 Å². The van der Waals surface area contributed by atoms with Gasteiger partial charge < -0.3 is 10.1 Å². The van der Waals surface area contributed by atoms with Crippen LogP contribution in [0.4, 0.5) is 5.69 Å². The maximum atomic E-state index is 12.9. The number of para-hydroxylation sites is 2. The molecule has 0 radical (unpaired) electrons. The molecule has 6 nitrogen and oxygen atoms in total. The van der Waals surface area contributed by atoms with Crippen molar-refractivity contribution in [3.63, 3.8) is 0 Å². The minimum atomic E-state index is -3.82. The molecule has 1 atom stereocenters. The van der Waals surface area contributed by atoms with E-state index in [1.807, 2.05) is 50.2 Å². The maximum Gasteiger partial charge on any atom is 0.255 e. The average Bonchev–Trinajstić information content (AvgIpc) is 2.75. The Morgan fingerprint density at radius 1 is 0.871 bits per heavy atom. The number of nitrogens with one attached hydrogen (secondary N) is 2. The fourth-order valence-electron chi connectivity index (χ4n) is 3.04. The van der Waals surface area contributed by atoms with Crippen molar-refractivity contribution < 1.29 is 17.9 Å². The van der Waals surface area contributed by atoms with Crippen LogP contribution < -0.4 is 14.8 Å². The molecule has 0 heterocycles. The second kappa shape index (κ2) is 9.76. The third-order valence-electron chi connectivity index (χ3n) is 4.54. The smallest absolute Gasteiger partial charge is 0.255 e. The molecule has 3 rings (SSSR count). The number of ether oxygens (including phenoxy) is 1. The fraction of sp³-hybridized carbons (Fsp3) is 0.208. The lowest BCUT2D eigenvalue weighted by molar-refractivity contribution is 0.102. The first-order chi connectivity index (χ1) is 14.8. The summed E-state index contributed by atoms with van der Waals surface area (Å²) in [4.78, 5) is 12.8. The van der Waals surface area contributed by atoms with E-state index in [2.05, 4.69) is 10.0 Å². The molecular weight excluding hydrogens is 412 g/mol. The molecule has 1 amide bonds. The molecule has 0 aliphatic rings. The van der Waals surface area contributed by atoms with E-state index in [0.29, 0.717) is 11.4 Å². The van der Waals surface area contributed by atoms with Crippen molar-refractivity contribution in [2.24, 2.45) is 0 Å². The van der Waals surface area contributed by atoms with Crippen LogP contribution in [-0.2, 0) is 10.0 Å². The Kier molecular flexibility index (Phi) is 7.09. The van der Waals surface area contributed by atoms with Gasteiger partial charge in [-0.25, -0.2) is 13.1 Å². The largest absolute Gasteiger partial charge is 0.489 e. The molecule has 0 bridgehead atoms.